The Labute approximate surface area is 137 Å². The second kappa shape index (κ2) is 8.39. The lowest BCUT2D eigenvalue weighted by Gasteiger charge is -2.13. The Hall–Kier alpha value is -2.07. The molecule has 2 rings (SSSR count). The molecule has 0 fully saturated rings. The molecule has 0 saturated heterocycles. The Morgan fingerprint density at radius 1 is 1.23 bits per heavy atom. The van der Waals surface area contributed by atoms with Crippen LogP contribution in [-0.4, -0.2) is 24.5 Å². The van der Waals surface area contributed by atoms with Crippen LogP contribution < -0.4 is 10.1 Å². The summed E-state index contributed by atoms with van der Waals surface area (Å²) in [6, 6.07) is 7.54. The molecule has 0 radical (unpaired) electrons. The highest BCUT2D eigenvalue weighted by Gasteiger charge is 2.08. The van der Waals surface area contributed by atoms with Crippen LogP contribution >= 0.6 is 12.4 Å². The van der Waals surface area contributed by atoms with Crippen LogP contribution in [0.15, 0.2) is 36.7 Å². The Bertz CT molecular complexity index is 630. The summed E-state index contributed by atoms with van der Waals surface area (Å²) in [5.41, 5.74) is 4.17. The van der Waals surface area contributed by atoms with Gasteiger partial charge in [0.1, 0.15) is 5.75 Å². The number of halogens is 1. The number of ether oxygens (including phenoxy) is 1. The van der Waals surface area contributed by atoms with Crippen molar-refractivity contribution in [1.29, 1.82) is 0 Å². The van der Waals surface area contributed by atoms with Crippen molar-refractivity contribution in [3.63, 3.8) is 0 Å². The third-order valence-corrected chi connectivity index (χ3v) is 3.67. The van der Waals surface area contributed by atoms with Gasteiger partial charge in [0.15, 0.2) is 0 Å². The van der Waals surface area contributed by atoms with Gasteiger partial charge >= 0.3 is 0 Å². The van der Waals surface area contributed by atoms with Crippen molar-refractivity contribution in [2.45, 2.75) is 20.3 Å². The number of hydrogen-bond donors (Lipinski definition) is 1. The minimum absolute atomic E-state index is 0. The highest BCUT2D eigenvalue weighted by atomic mass is 35.5. The van der Waals surface area contributed by atoms with Gasteiger partial charge in [0.25, 0.3) is 5.91 Å². The Morgan fingerprint density at radius 2 is 2.00 bits per heavy atom. The van der Waals surface area contributed by atoms with E-state index in [9.17, 15) is 4.79 Å². The van der Waals surface area contributed by atoms with Crippen molar-refractivity contribution in [2.75, 3.05) is 13.7 Å². The van der Waals surface area contributed by atoms with E-state index in [1.807, 2.05) is 13.0 Å². The largest absolute Gasteiger partial charge is 0.496 e. The van der Waals surface area contributed by atoms with E-state index in [0.717, 1.165) is 17.7 Å². The van der Waals surface area contributed by atoms with E-state index in [1.54, 1.807) is 31.6 Å². The molecule has 1 aromatic carbocycles. The monoisotopic (exact) mass is 320 g/mol. The van der Waals surface area contributed by atoms with E-state index in [0.29, 0.717) is 12.1 Å². The number of amides is 1. The number of carbonyl (C=O) groups is 1. The zero-order valence-corrected chi connectivity index (χ0v) is 13.9. The molecule has 0 spiro atoms. The first-order valence-electron chi connectivity index (χ1n) is 6.94. The summed E-state index contributed by atoms with van der Waals surface area (Å²) >= 11 is 0. The summed E-state index contributed by atoms with van der Waals surface area (Å²) in [7, 11) is 1.68. The molecule has 2 aromatic rings. The average Bonchev–Trinajstić information content (AvgIpc) is 2.52. The minimum Gasteiger partial charge on any atom is -0.496 e. The van der Waals surface area contributed by atoms with Crippen LogP contribution in [0.25, 0.3) is 0 Å². The van der Waals surface area contributed by atoms with Crippen molar-refractivity contribution >= 4 is 18.3 Å². The number of benzene rings is 1. The van der Waals surface area contributed by atoms with Crippen LogP contribution in [0.4, 0.5) is 0 Å². The van der Waals surface area contributed by atoms with Crippen LogP contribution in [0.3, 0.4) is 0 Å². The molecule has 1 amide bonds. The molecule has 1 aromatic heterocycles. The number of rotatable bonds is 5. The van der Waals surface area contributed by atoms with Crippen LogP contribution in [0.2, 0.25) is 0 Å². The fourth-order valence-electron chi connectivity index (χ4n) is 2.25. The number of methoxy groups -OCH3 is 1. The Morgan fingerprint density at radius 3 is 2.64 bits per heavy atom. The number of carbonyl (C=O) groups excluding carboxylic acids is 1. The minimum atomic E-state index is -0.0917. The van der Waals surface area contributed by atoms with E-state index in [-0.39, 0.29) is 18.3 Å². The third kappa shape index (κ3) is 4.21. The molecule has 0 bridgehead atoms. The molecule has 1 heterocycles. The molecular weight excluding hydrogens is 300 g/mol. The zero-order chi connectivity index (χ0) is 15.2. The summed E-state index contributed by atoms with van der Waals surface area (Å²) in [4.78, 5) is 15.9. The molecular formula is C17H21ClN2O2. The van der Waals surface area contributed by atoms with Gasteiger partial charge in [0.05, 0.1) is 12.7 Å². The lowest BCUT2D eigenvalue weighted by atomic mass is 10.00. The Kier molecular flexibility index (Phi) is 6.86. The second-order valence-corrected chi connectivity index (χ2v) is 4.92. The van der Waals surface area contributed by atoms with E-state index < -0.39 is 0 Å². The number of aromatic nitrogens is 1. The van der Waals surface area contributed by atoms with Crippen molar-refractivity contribution in [3.05, 3.63) is 58.9 Å². The van der Waals surface area contributed by atoms with Gasteiger partial charge < -0.3 is 10.1 Å². The van der Waals surface area contributed by atoms with Crippen LogP contribution in [0, 0.1) is 13.8 Å². The van der Waals surface area contributed by atoms with Crippen molar-refractivity contribution < 1.29 is 9.53 Å². The van der Waals surface area contributed by atoms with Gasteiger partial charge in [-0.15, -0.1) is 12.4 Å². The highest BCUT2D eigenvalue weighted by molar-refractivity contribution is 5.93. The maximum Gasteiger partial charge on any atom is 0.252 e. The lowest BCUT2D eigenvalue weighted by Crippen LogP contribution is -2.25. The number of pyridine rings is 1. The van der Waals surface area contributed by atoms with Crippen molar-refractivity contribution in [1.82, 2.24) is 10.3 Å². The molecule has 0 saturated carbocycles. The zero-order valence-electron chi connectivity index (χ0n) is 13.1. The van der Waals surface area contributed by atoms with Gasteiger partial charge in [-0.1, -0.05) is 6.07 Å². The molecule has 4 nitrogen and oxygen atoms in total. The third-order valence-electron chi connectivity index (χ3n) is 3.67. The highest BCUT2D eigenvalue weighted by Crippen LogP contribution is 2.23. The van der Waals surface area contributed by atoms with Gasteiger partial charge in [-0.05, 0) is 55.2 Å². The quantitative estimate of drug-likeness (QED) is 0.921. The molecule has 0 unspecified atom stereocenters. The standard InChI is InChI=1S/C17H20N2O2.ClH/c1-12-13(2)16(21-3)7-6-14(12)8-10-19-17(20)15-5-4-9-18-11-15;/h4-7,9,11H,8,10H2,1-3H3,(H,19,20);1H. The number of nitrogens with one attached hydrogen (secondary N) is 1. The summed E-state index contributed by atoms with van der Waals surface area (Å²) in [5.74, 6) is 0.807. The van der Waals surface area contributed by atoms with Crippen LogP contribution in [0.1, 0.15) is 27.0 Å². The maximum atomic E-state index is 11.9. The first-order chi connectivity index (χ1) is 10.1. The first kappa shape index (κ1) is 18.0. The van der Waals surface area contributed by atoms with Gasteiger partial charge in [0.2, 0.25) is 0 Å². The lowest BCUT2D eigenvalue weighted by molar-refractivity contribution is 0.0953. The Balaban J connectivity index is 0.00000242. The number of nitrogens with zero attached hydrogens (tertiary/aromatic N) is 1. The molecule has 22 heavy (non-hydrogen) atoms. The van der Waals surface area contributed by atoms with Crippen LogP contribution in [-0.2, 0) is 6.42 Å². The second-order valence-electron chi connectivity index (χ2n) is 4.92. The maximum absolute atomic E-state index is 11.9. The molecule has 1 N–H and O–H groups in total. The van der Waals surface area contributed by atoms with Crippen molar-refractivity contribution in [2.24, 2.45) is 0 Å². The summed E-state index contributed by atoms with van der Waals surface area (Å²) in [6.07, 6.45) is 4.01. The number of hydrogen-bond acceptors (Lipinski definition) is 3. The van der Waals surface area contributed by atoms with Gasteiger partial charge in [-0.2, -0.15) is 0 Å². The van der Waals surface area contributed by atoms with Crippen molar-refractivity contribution in [3.8, 4) is 5.75 Å². The van der Waals surface area contributed by atoms with Gasteiger partial charge in [-0.25, -0.2) is 0 Å². The molecule has 0 aliphatic heterocycles. The first-order valence-corrected chi connectivity index (χ1v) is 6.94. The van der Waals surface area contributed by atoms with Gasteiger partial charge in [0, 0.05) is 18.9 Å². The van der Waals surface area contributed by atoms with Gasteiger partial charge in [-0.3, -0.25) is 9.78 Å². The normalized spacial score (nSPS) is 9.77. The molecule has 0 aliphatic rings. The van der Waals surface area contributed by atoms with E-state index in [1.165, 1.54) is 11.1 Å². The molecule has 118 valence electrons. The predicted octanol–water partition coefficient (Wildman–Crippen LogP) is 3.10. The average molecular weight is 321 g/mol. The molecule has 5 heteroatoms. The SMILES string of the molecule is COc1ccc(CCNC(=O)c2cccnc2)c(C)c1C.Cl. The molecule has 0 aliphatic carbocycles. The molecule has 0 atom stereocenters. The smallest absolute Gasteiger partial charge is 0.252 e. The predicted molar refractivity (Wildman–Crippen MR) is 90.0 cm³/mol. The van der Waals surface area contributed by atoms with E-state index in [4.69, 9.17) is 4.74 Å². The summed E-state index contributed by atoms with van der Waals surface area (Å²) < 4.78 is 5.30. The summed E-state index contributed by atoms with van der Waals surface area (Å²) in [5, 5.41) is 2.91. The fourth-order valence-corrected chi connectivity index (χ4v) is 2.25. The van der Waals surface area contributed by atoms with Crippen LogP contribution in [0.5, 0.6) is 5.75 Å². The van der Waals surface area contributed by atoms with E-state index >= 15 is 0 Å². The summed E-state index contributed by atoms with van der Waals surface area (Å²) in [6.45, 7) is 4.72. The fraction of sp³-hybridized carbons (Fsp3) is 0.294. The van der Waals surface area contributed by atoms with E-state index in [2.05, 4.69) is 23.3 Å². The topological polar surface area (TPSA) is 51.2 Å².